The topological polar surface area (TPSA) is 68.7 Å². The van der Waals surface area contributed by atoms with Crippen LogP contribution in [0.4, 0.5) is 11.4 Å². The highest BCUT2D eigenvalue weighted by Gasteiger charge is 2.31. The van der Waals surface area contributed by atoms with Gasteiger partial charge in [-0.15, -0.1) is 0 Å². The molecule has 1 amide bonds. The minimum absolute atomic E-state index is 0.171. The molecule has 0 aliphatic carbocycles. The van der Waals surface area contributed by atoms with Gasteiger partial charge in [0.25, 0.3) is 5.91 Å². The number of anilines is 2. The molecule has 2 heterocycles. The quantitative estimate of drug-likeness (QED) is 0.548. The van der Waals surface area contributed by atoms with E-state index in [1.54, 1.807) is 47.4 Å². The molecule has 0 unspecified atom stereocenters. The average molecular weight is 367 g/mol. The Bertz CT molecular complexity index is 996. The van der Waals surface area contributed by atoms with Gasteiger partial charge in [0.05, 0.1) is 18.5 Å². The molecule has 4 rings (SSSR count). The van der Waals surface area contributed by atoms with E-state index < -0.39 is 0 Å². The molecule has 0 atom stereocenters. The van der Waals surface area contributed by atoms with Crippen LogP contribution in [0.25, 0.3) is 6.08 Å². The molecule has 3 aromatic rings. The molecule has 1 aliphatic heterocycles. The SMILES string of the molecule is Nc1ccc2c(c1)N(Cc1ccccc1Cl)C(=O)/C(=C\c1ccco1)O2. The zero-order chi connectivity index (χ0) is 18.1. The lowest BCUT2D eigenvalue weighted by Gasteiger charge is -2.31. The van der Waals surface area contributed by atoms with Gasteiger partial charge in [-0.2, -0.15) is 0 Å². The fraction of sp³-hybridized carbons (Fsp3) is 0.0500. The van der Waals surface area contributed by atoms with Crippen LogP contribution in [-0.2, 0) is 11.3 Å². The van der Waals surface area contributed by atoms with Crippen molar-refractivity contribution in [3.05, 3.63) is 83.0 Å². The Morgan fingerprint density at radius 3 is 2.73 bits per heavy atom. The van der Waals surface area contributed by atoms with E-state index in [4.69, 9.17) is 26.5 Å². The van der Waals surface area contributed by atoms with Crippen molar-refractivity contribution in [2.24, 2.45) is 0 Å². The summed E-state index contributed by atoms with van der Waals surface area (Å²) < 4.78 is 11.1. The number of carbonyl (C=O) groups is 1. The number of benzene rings is 2. The molecule has 0 bridgehead atoms. The normalized spacial score (nSPS) is 15.0. The zero-order valence-electron chi connectivity index (χ0n) is 13.7. The number of halogens is 1. The number of hydrogen-bond acceptors (Lipinski definition) is 4. The molecule has 5 nitrogen and oxygen atoms in total. The first kappa shape index (κ1) is 16.3. The van der Waals surface area contributed by atoms with Gasteiger partial charge in [-0.25, -0.2) is 0 Å². The van der Waals surface area contributed by atoms with Crippen molar-refractivity contribution in [3.8, 4) is 5.75 Å². The van der Waals surface area contributed by atoms with Gasteiger partial charge in [0, 0.05) is 16.8 Å². The van der Waals surface area contributed by atoms with Crippen molar-refractivity contribution in [2.75, 3.05) is 10.6 Å². The molecular weight excluding hydrogens is 352 g/mol. The molecule has 0 saturated heterocycles. The average Bonchev–Trinajstić information content (AvgIpc) is 3.14. The maximum Gasteiger partial charge on any atom is 0.294 e. The number of rotatable bonds is 3. The number of ether oxygens (including phenoxy) is 1. The van der Waals surface area contributed by atoms with E-state index in [1.807, 2.05) is 18.2 Å². The smallest absolute Gasteiger partial charge is 0.294 e. The van der Waals surface area contributed by atoms with Crippen LogP contribution in [0.3, 0.4) is 0 Å². The lowest BCUT2D eigenvalue weighted by molar-refractivity contribution is -0.117. The monoisotopic (exact) mass is 366 g/mol. The fourth-order valence-electron chi connectivity index (χ4n) is 2.78. The Hall–Kier alpha value is -3.18. The molecule has 2 aromatic carbocycles. The van der Waals surface area contributed by atoms with Crippen LogP contribution in [0.5, 0.6) is 5.75 Å². The van der Waals surface area contributed by atoms with Gasteiger partial charge in [0.2, 0.25) is 0 Å². The first-order chi connectivity index (χ1) is 12.6. The van der Waals surface area contributed by atoms with Crippen molar-refractivity contribution in [2.45, 2.75) is 6.54 Å². The van der Waals surface area contributed by atoms with Gasteiger partial charge in [-0.1, -0.05) is 29.8 Å². The number of nitrogen functional groups attached to an aromatic ring is 1. The lowest BCUT2D eigenvalue weighted by atomic mass is 10.1. The predicted molar refractivity (Wildman–Crippen MR) is 101 cm³/mol. The number of furan rings is 1. The van der Waals surface area contributed by atoms with Gasteiger partial charge in [0.15, 0.2) is 11.5 Å². The highest BCUT2D eigenvalue weighted by atomic mass is 35.5. The van der Waals surface area contributed by atoms with Crippen LogP contribution in [-0.4, -0.2) is 5.91 Å². The Kier molecular flexibility index (Phi) is 4.14. The molecule has 0 radical (unpaired) electrons. The van der Waals surface area contributed by atoms with E-state index >= 15 is 0 Å². The number of nitrogens with two attached hydrogens (primary N) is 1. The summed E-state index contributed by atoms with van der Waals surface area (Å²) in [5, 5.41) is 0.591. The van der Waals surface area contributed by atoms with Crippen LogP contribution >= 0.6 is 11.6 Å². The van der Waals surface area contributed by atoms with E-state index in [0.717, 1.165) is 5.56 Å². The van der Waals surface area contributed by atoms with Crippen molar-refractivity contribution in [1.29, 1.82) is 0 Å². The number of hydrogen-bond donors (Lipinski definition) is 1. The van der Waals surface area contributed by atoms with Crippen LogP contribution in [0, 0.1) is 0 Å². The first-order valence-corrected chi connectivity index (χ1v) is 8.37. The van der Waals surface area contributed by atoms with Crippen LogP contribution in [0.1, 0.15) is 11.3 Å². The van der Waals surface area contributed by atoms with E-state index in [1.165, 1.54) is 6.26 Å². The summed E-state index contributed by atoms with van der Waals surface area (Å²) in [4.78, 5) is 14.7. The molecular formula is C20H15ClN2O3. The highest BCUT2D eigenvalue weighted by molar-refractivity contribution is 6.31. The molecule has 6 heteroatoms. The molecule has 26 heavy (non-hydrogen) atoms. The summed E-state index contributed by atoms with van der Waals surface area (Å²) in [7, 11) is 0. The first-order valence-electron chi connectivity index (χ1n) is 7.99. The summed E-state index contributed by atoms with van der Waals surface area (Å²) in [6.45, 7) is 0.299. The summed E-state index contributed by atoms with van der Waals surface area (Å²) in [5.41, 5.74) is 7.88. The van der Waals surface area contributed by atoms with Crippen LogP contribution in [0.2, 0.25) is 5.02 Å². The summed E-state index contributed by atoms with van der Waals surface area (Å²) in [6.07, 6.45) is 3.11. The predicted octanol–water partition coefficient (Wildman–Crippen LogP) is 4.48. The Morgan fingerprint density at radius 1 is 1.12 bits per heavy atom. The second-order valence-corrected chi connectivity index (χ2v) is 6.24. The standard InChI is InChI=1S/C20H15ClN2O3/c21-16-6-2-1-4-13(16)12-23-17-10-14(22)7-8-18(17)26-19(20(23)24)11-15-5-3-9-25-15/h1-11H,12,22H2/b19-11+. The summed E-state index contributed by atoms with van der Waals surface area (Å²) in [5.74, 6) is 0.956. The number of nitrogens with zero attached hydrogens (tertiary/aromatic N) is 1. The minimum Gasteiger partial charge on any atom is -0.465 e. The van der Waals surface area contributed by atoms with E-state index in [-0.39, 0.29) is 11.7 Å². The van der Waals surface area contributed by atoms with Crippen molar-refractivity contribution >= 4 is 35.0 Å². The van der Waals surface area contributed by atoms with Crippen LogP contribution < -0.4 is 15.4 Å². The maximum atomic E-state index is 13.0. The van der Waals surface area contributed by atoms with Crippen LogP contribution in [0.15, 0.2) is 71.0 Å². The molecule has 2 N–H and O–H groups in total. The Labute approximate surface area is 155 Å². The Balaban J connectivity index is 1.78. The largest absolute Gasteiger partial charge is 0.465 e. The molecule has 0 spiro atoms. The van der Waals surface area contributed by atoms with Crippen molar-refractivity contribution in [3.63, 3.8) is 0 Å². The second kappa shape index (κ2) is 6.61. The van der Waals surface area contributed by atoms with Gasteiger partial charge in [-0.3, -0.25) is 9.69 Å². The second-order valence-electron chi connectivity index (χ2n) is 5.84. The van der Waals surface area contributed by atoms with E-state index in [2.05, 4.69) is 0 Å². The molecule has 130 valence electrons. The molecule has 1 aromatic heterocycles. The number of fused-ring (bicyclic) bond motifs is 1. The van der Waals surface area contributed by atoms with Crippen molar-refractivity contribution in [1.82, 2.24) is 0 Å². The third-order valence-electron chi connectivity index (χ3n) is 4.05. The van der Waals surface area contributed by atoms with E-state index in [9.17, 15) is 4.79 Å². The Morgan fingerprint density at radius 2 is 1.96 bits per heavy atom. The lowest BCUT2D eigenvalue weighted by Crippen LogP contribution is -2.37. The van der Waals surface area contributed by atoms with Crippen molar-refractivity contribution < 1.29 is 13.9 Å². The number of carbonyl (C=O) groups excluding carboxylic acids is 1. The molecule has 0 saturated carbocycles. The zero-order valence-corrected chi connectivity index (χ0v) is 14.4. The summed E-state index contributed by atoms with van der Waals surface area (Å²) >= 11 is 6.28. The fourth-order valence-corrected chi connectivity index (χ4v) is 2.98. The minimum atomic E-state index is -0.292. The van der Waals surface area contributed by atoms with E-state index in [0.29, 0.717) is 34.5 Å². The molecule has 1 aliphatic rings. The third kappa shape index (κ3) is 3.05. The molecule has 0 fully saturated rings. The third-order valence-corrected chi connectivity index (χ3v) is 4.42. The number of amides is 1. The van der Waals surface area contributed by atoms with Gasteiger partial charge in [-0.05, 0) is 42.0 Å². The van der Waals surface area contributed by atoms with Gasteiger partial charge < -0.3 is 14.9 Å². The maximum absolute atomic E-state index is 13.0. The highest BCUT2D eigenvalue weighted by Crippen LogP contribution is 2.38. The van der Waals surface area contributed by atoms with Gasteiger partial charge >= 0.3 is 0 Å². The summed E-state index contributed by atoms with van der Waals surface area (Å²) in [6, 6.07) is 16.1. The van der Waals surface area contributed by atoms with Gasteiger partial charge in [0.1, 0.15) is 5.76 Å².